The van der Waals surface area contributed by atoms with Gasteiger partial charge in [-0.15, -0.1) is 0 Å². The van der Waals surface area contributed by atoms with Gasteiger partial charge in [0.2, 0.25) is 0 Å². The van der Waals surface area contributed by atoms with Crippen LogP contribution in [0.2, 0.25) is 0 Å². The van der Waals surface area contributed by atoms with Crippen LogP contribution < -0.4 is 0 Å². The molecule has 2 fully saturated rings. The highest BCUT2D eigenvalue weighted by atomic mass is 31.2. The zero-order valence-corrected chi connectivity index (χ0v) is 18.6. The van der Waals surface area contributed by atoms with Gasteiger partial charge in [-0.1, -0.05) is 0 Å². The Kier molecular flexibility index (Phi) is 8.64. The molecule has 2 saturated heterocycles. The van der Waals surface area contributed by atoms with Crippen molar-refractivity contribution < 1.29 is 47.4 Å². The topological polar surface area (TPSA) is 130 Å². The molecule has 10 nitrogen and oxygen atoms in total. The smallest absolute Gasteiger partial charge is 0.388 e. The molecule has 170 valence electrons. The monoisotopic (exact) mass is 440 g/mol. The Hall–Kier alpha value is -0.580. The number of aliphatic hydroxyl groups is 1. The van der Waals surface area contributed by atoms with Crippen molar-refractivity contribution in [1.29, 1.82) is 0 Å². The van der Waals surface area contributed by atoms with Crippen LogP contribution in [0.1, 0.15) is 48.0 Å². The van der Waals surface area contributed by atoms with E-state index < -0.39 is 50.4 Å². The van der Waals surface area contributed by atoms with E-state index in [1.54, 1.807) is 13.8 Å². The number of carbonyl (C=O) groups excluding carboxylic acids is 1. The summed E-state index contributed by atoms with van der Waals surface area (Å²) in [6, 6.07) is 0. The maximum absolute atomic E-state index is 12.5. The first-order chi connectivity index (χ1) is 13.4. The van der Waals surface area contributed by atoms with Gasteiger partial charge in [-0.25, -0.2) is 9.36 Å². The highest BCUT2D eigenvalue weighted by Crippen LogP contribution is 2.48. The summed E-state index contributed by atoms with van der Waals surface area (Å²) >= 11 is 0. The molecule has 4 unspecified atom stereocenters. The molecule has 11 heteroatoms. The molecule has 2 N–H and O–H groups in total. The second-order valence-electron chi connectivity index (χ2n) is 8.03. The van der Waals surface area contributed by atoms with E-state index in [1.165, 1.54) is 0 Å². The molecule has 0 amide bonds. The molecule has 2 rings (SSSR count). The minimum absolute atomic E-state index is 0.0469. The molecule has 0 aromatic heterocycles. The van der Waals surface area contributed by atoms with Gasteiger partial charge in [0.25, 0.3) is 0 Å². The lowest BCUT2D eigenvalue weighted by Crippen LogP contribution is -2.38. The Labute approximate surface area is 171 Å². The number of hydrogen-bond acceptors (Lipinski definition) is 9. The predicted octanol–water partition coefficient (Wildman–Crippen LogP) is 1.56. The summed E-state index contributed by atoms with van der Waals surface area (Å²) in [7, 11) is -4.86. The standard InChI is InChI=1S/C18H33O10P/c1-9(2)23-8-14-16(15(19)12(6)26-14)27-29(21,22)28-18(20)17-13(24-10(3)4)7-11(5)25-17/h9-17,19H,7-8H2,1-6H3,(H,21,22)/t11-,12-,13?,14+,15?,16?,17-/m0/s1. The van der Waals surface area contributed by atoms with Crippen LogP contribution >= 0.6 is 7.82 Å². The number of hydrogen-bond donors (Lipinski definition) is 2. The summed E-state index contributed by atoms with van der Waals surface area (Å²) < 4.78 is 44.5. The van der Waals surface area contributed by atoms with Crippen molar-refractivity contribution in [2.24, 2.45) is 0 Å². The van der Waals surface area contributed by atoms with E-state index in [0.29, 0.717) is 6.42 Å². The summed E-state index contributed by atoms with van der Waals surface area (Å²) in [5.41, 5.74) is 0. The highest BCUT2D eigenvalue weighted by Gasteiger charge is 2.49. The lowest BCUT2D eigenvalue weighted by atomic mass is 10.1. The second kappa shape index (κ2) is 10.2. The molecule has 0 radical (unpaired) electrons. The second-order valence-corrected chi connectivity index (χ2v) is 9.36. The SMILES string of the molecule is CC(C)OC[C@H]1O[C@@H](C)C(O)C1OP(=O)(O)OC(=O)[C@H]1O[C@@H](C)CC1OC(C)C. The number of phosphoric ester groups is 1. The minimum atomic E-state index is -4.86. The van der Waals surface area contributed by atoms with Gasteiger partial charge < -0.3 is 28.6 Å². The Morgan fingerprint density at radius 1 is 1.17 bits per heavy atom. The van der Waals surface area contributed by atoms with E-state index in [4.69, 9.17) is 28.0 Å². The Balaban J connectivity index is 2.01. The summed E-state index contributed by atoms with van der Waals surface area (Å²) in [5, 5.41) is 10.3. The van der Waals surface area contributed by atoms with E-state index in [1.807, 2.05) is 27.7 Å². The zero-order valence-electron chi connectivity index (χ0n) is 17.7. The summed E-state index contributed by atoms with van der Waals surface area (Å²) in [6.45, 7) is 10.7. The molecule has 0 aromatic carbocycles. The van der Waals surface area contributed by atoms with Crippen molar-refractivity contribution in [2.45, 2.75) is 103 Å². The van der Waals surface area contributed by atoms with E-state index in [0.717, 1.165) is 0 Å². The number of aliphatic hydroxyl groups excluding tert-OH is 1. The predicted molar refractivity (Wildman–Crippen MR) is 101 cm³/mol. The molecule has 2 aliphatic heterocycles. The van der Waals surface area contributed by atoms with Crippen molar-refractivity contribution >= 4 is 13.8 Å². The lowest BCUT2D eigenvalue weighted by molar-refractivity contribution is -0.155. The zero-order chi connectivity index (χ0) is 21.9. The molecule has 2 aliphatic rings. The molecule has 0 saturated carbocycles. The highest BCUT2D eigenvalue weighted by molar-refractivity contribution is 7.48. The maximum atomic E-state index is 12.5. The minimum Gasteiger partial charge on any atom is -0.388 e. The fraction of sp³-hybridized carbons (Fsp3) is 0.944. The number of carbonyl (C=O) groups is 1. The third kappa shape index (κ3) is 6.97. The Morgan fingerprint density at radius 3 is 2.41 bits per heavy atom. The molecule has 0 spiro atoms. The molecular weight excluding hydrogens is 407 g/mol. The third-order valence-electron chi connectivity index (χ3n) is 4.59. The molecule has 0 bridgehead atoms. The van der Waals surface area contributed by atoms with Crippen molar-refractivity contribution in [1.82, 2.24) is 0 Å². The third-order valence-corrected chi connectivity index (χ3v) is 5.51. The van der Waals surface area contributed by atoms with E-state index in [-0.39, 0.29) is 24.9 Å². The van der Waals surface area contributed by atoms with E-state index in [9.17, 15) is 19.4 Å². The summed E-state index contributed by atoms with van der Waals surface area (Å²) in [5.74, 6) is -1.05. The van der Waals surface area contributed by atoms with Crippen LogP contribution in [0.5, 0.6) is 0 Å². The van der Waals surface area contributed by atoms with E-state index >= 15 is 0 Å². The van der Waals surface area contributed by atoms with Gasteiger partial charge in [0.15, 0.2) is 6.10 Å². The van der Waals surface area contributed by atoms with Gasteiger partial charge in [0.05, 0.1) is 37.1 Å². The van der Waals surface area contributed by atoms with Crippen LogP contribution in [0.4, 0.5) is 0 Å². The summed E-state index contributed by atoms with van der Waals surface area (Å²) in [4.78, 5) is 22.6. The van der Waals surface area contributed by atoms with Gasteiger partial charge in [-0.2, -0.15) is 0 Å². The van der Waals surface area contributed by atoms with Crippen LogP contribution in [-0.2, 0) is 37.4 Å². The average Bonchev–Trinajstić information content (AvgIpc) is 3.06. The van der Waals surface area contributed by atoms with E-state index in [2.05, 4.69) is 0 Å². The van der Waals surface area contributed by atoms with Crippen LogP contribution in [0, 0.1) is 0 Å². The number of phosphoric acid groups is 1. The van der Waals surface area contributed by atoms with Crippen molar-refractivity contribution in [3.8, 4) is 0 Å². The molecule has 0 aromatic rings. The first-order valence-corrected chi connectivity index (χ1v) is 11.4. The fourth-order valence-electron chi connectivity index (χ4n) is 3.34. The van der Waals surface area contributed by atoms with Crippen molar-refractivity contribution in [3.05, 3.63) is 0 Å². The van der Waals surface area contributed by atoms with Crippen LogP contribution in [0.15, 0.2) is 0 Å². The quantitative estimate of drug-likeness (QED) is 0.509. The van der Waals surface area contributed by atoms with Gasteiger partial charge in [-0.05, 0) is 41.5 Å². The largest absolute Gasteiger partial charge is 0.530 e. The average molecular weight is 440 g/mol. The molecule has 0 aliphatic carbocycles. The number of ether oxygens (including phenoxy) is 4. The summed E-state index contributed by atoms with van der Waals surface area (Å²) in [6.07, 6.45) is -5.62. The first-order valence-electron chi connectivity index (χ1n) is 9.90. The fourth-order valence-corrected chi connectivity index (χ4v) is 4.28. The lowest BCUT2D eigenvalue weighted by Gasteiger charge is -2.25. The van der Waals surface area contributed by atoms with Crippen LogP contribution in [0.25, 0.3) is 0 Å². The number of rotatable bonds is 9. The molecule has 2 heterocycles. The molecule has 29 heavy (non-hydrogen) atoms. The maximum Gasteiger partial charge on any atom is 0.530 e. The Morgan fingerprint density at radius 2 is 1.83 bits per heavy atom. The molecule has 8 atom stereocenters. The van der Waals surface area contributed by atoms with Gasteiger partial charge in [0, 0.05) is 6.42 Å². The van der Waals surface area contributed by atoms with Crippen molar-refractivity contribution in [2.75, 3.05) is 6.61 Å². The first kappa shape index (κ1) is 24.7. The van der Waals surface area contributed by atoms with Gasteiger partial charge >= 0.3 is 13.8 Å². The van der Waals surface area contributed by atoms with Gasteiger partial charge in [-0.3, -0.25) is 9.42 Å². The van der Waals surface area contributed by atoms with Crippen LogP contribution in [0.3, 0.4) is 0 Å². The van der Waals surface area contributed by atoms with Crippen LogP contribution in [-0.4, -0.2) is 77.5 Å². The Bertz CT molecular complexity index is 597. The van der Waals surface area contributed by atoms with Crippen molar-refractivity contribution in [3.63, 3.8) is 0 Å². The normalized spacial score (nSPS) is 37.2. The molecular formula is C18H33O10P. The van der Waals surface area contributed by atoms with Gasteiger partial charge in [0.1, 0.15) is 18.3 Å².